The molecule has 0 saturated carbocycles. The number of H-pyrrole nitrogens is 1. The first kappa shape index (κ1) is 17.3. The molecule has 0 unspecified atom stereocenters. The maximum atomic E-state index is 12.7. The van der Waals surface area contributed by atoms with Crippen molar-refractivity contribution < 1.29 is 9.59 Å². The van der Waals surface area contributed by atoms with Gasteiger partial charge in [0.05, 0.1) is 6.42 Å². The molecule has 2 heterocycles. The smallest absolute Gasteiger partial charge is 0.253 e. The summed E-state index contributed by atoms with van der Waals surface area (Å²) in [5.74, 6) is 0.154. The molecular weight excluding hydrogens is 338 g/mol. The lowest BCUT2D eigenvalue weighted by Gasteiger charge is -2.35. The van der Waals surface area contributed by atoms with Gasteiger partial charge in [-0.1, -0.05) is 35.9 Å². The molecule has 3 aromatic rings. The number of amides is 2. The van der Waals surface area contributed by atoms with E-state index in [0.29, 0.717) is 38.2 Å². The highest BCUT2D eigenvalue weighted by atomic mass is 16.2. The Hall–Kier alpha value is -3.08. The summed E-state index contributed by atoms with van der Waals surface area (Å²) in [6.07, 6.45) is 2.30. The number of piperazine rings is 1. The zero-order chi connectivity index (χ0) is 18.8. The van der Waals surface area contributed by atoms with Crippen LogP contribution in [0.1, 0.15) is 21.5 Å². The molecule has 27 heavy (non-hydrogen) atoms. The minimum absolute atomic E-state index is 0.0405. The lowest BCUT2D eigenvalue weighted by Crippen LogP contribution is -2.51. The van der Waals surface area contributed by atoms with Crippen LogP contribution in [0.4, 0.5) is 0 Å². The van der Waals surface area contributed by atoms with Gasteiger partial charge in [-0.2, -0.15) is 0 Å². The van der Waals surface area contributed by atoms with E-state index in [9.17, 15) is 9.59 Å². The third-order valence-corrected chi connectivity index (χ3v) is 5.23. The van der Waals surface area contributed by atoms with Crippen LogP contribution in [0.15, 0.2) is 54.7 Å². The second-order valence-electron chi connectivity index (χ2n) is 7.08. The number of para-hydroxylation sites is 1. The van der Waals surface area contributed by atoms with Crippen molar-refractivity contribution in [3.8, 4) is 0 Å². The third kappa shape index (κ3) is 3.58. The summed E-state index contributed by atoms with van der Waals surface area (Å²) in [6, 6.07) is 15.7. The van der Waals surface area contributed by atoms with Crippen LogP contribution in [0, 0.1) is 6.92 Å². The minimum Gasteiger partial charge on any atom is -0.361 e. The predicted molar refractivity (Wildman–Crippen MR) is 106 cm³/mol. The van der Waals surface area contributed by atoms with Crippen molar-refractivity contribution in [3.63, 3.8) is 0 Å². The van der Waals surface area contributed by atoms with Gasteiger partial charge >= 0.3 is 0 Å². The van der Waals surface area contributed by atoms with Crippen molar-refractivity contribution in [1.29, 1.82) is 0 Å². The summed E-state index contributed by atoms with van der Waals surface area (Å²) in [6.45, 7) is 4.32. The second kappa shape index (κ2) is 7.27. The third-order valence-electron chi connectivity index (χ3n) is 5.23. The Labute approximate surface area is 158 Å². The highest BCUT2D eigenvalue weighted by molar-refractivity contribution is 5.94. The number of aromatic nitrogens is 1. The topological polar surface area (TPSA) is 56.4 Å². The van der Waals surface area contributed by atoms with Gasteiger partial charge < -0.3 is 14.8 Å². The van der Waals surface area contributed by atoms with Crippen molar-refractivity contribution in [2.75, 3.05) is 26.2 Å². The van der Waals surface area contributed by atoms with E-state index in [0.717, 1.165) is 22.0 Å². The summed E-state index contributed by atoms with van der Waals surface area (Å²) in [5, 5.41) is 1.10. The van der Waals surface area contributed by atoms with E-state index >= 15 is 0 Å². The van der Waals surface area contributed by atoms with Crippen LogP contribution in [0.3, 0.4) is 0 Å². The van der Waals surface area contributed by atoms with Crippen molar-refractivity contribution in [2.45, 2.75) is 13.3 Å². The van der Waals surface area contributed by atoms with Gasteiger partial charge in [-0.05, 0) is 30.7 Å². The molecule has 0 atom stereocenters. The molecule has 5 heteroatoms. The summed E-state index contributed by atoms with van der Waals surface area (Å²) < 4.78 is 0. The minimum atomic E-state index is 0.0405. The molecule has 0 bridgehead atoms. The highest BCUT2D eigenvalue weighted by Crippen LogP contribution is 2.19. The predicted octanol–water partition coefficient (Wildman–Crippen LogP) is 3.00. The number of nitrogens with zero attached hydrogens (tertiary/aromatic N) is 2. The number of carbonyl (C=O) groups is 2. The lowest BCUT2D eigenvalue weighted by atomic mass is 10.1. The quantitative estimate of drug-likeness (QED) is 0.780. The Morgan fingerprint density at radius 3 is 2.33 bits per heavy atom. The number of carbonyl (C=O) groups excluding carboxylic acids is 2. The van der Waals surface area contributed by atoms with E-state index in [1.165, 1.54) is 0 Å². The molecule has 1 aromatic heterocycles. The average molecular weight is 361 g/mol. The van der Waals surface area contributed by atoms with Gasteiger partial charge in [0.15, 0.2) is 0 Å². The van der Waals surface area contributed by atoms with Gasteiger partial charge in [0.1, 0.15) is 0 Å². The van der Waals surface area contributed by atoms with E-state index in [1.54, 1.807) is 0 Å². The average Bonchev–Trinajstić information content (AvgIpc) is 3.11. The molecule has 1 aliphatic heterocycles. The maximum Gasteiger partial charge on any atom is 0.253 e. The number of hydrogen-bond donors (Lipinski definition) is 1. The van der Waals surface area contributed by atoms with Gasteiger partial charge in [-0.3, -0.25) is 9.59 Å². The van der Waals surface area contributed by atoms with Crippen LogP contribution < -0.4 is 0 Å². The summed E-state index contributed by atoms with van der Waals surface area (Å²) in [4.78, 5) is 32.2. The molecule has 1 saturated heterocycles. The normalized spacial score (nSPS) is 14.6. The number of aryl methyl sites for hydroxylation is 1. The molecule has 0 spiro atoms. The van der Waals surface area contributed by atoms with E-state index < -0.39 is 0 Å². The molecule has 1 aliphatic rings. The first-order valence-electron chi connectivity index (χ1n) is 9.30. The lowest BCUT2D eigenvalue weighted by molar-refractivity contribution is -0.131. The van der Waals surface area contributed by atoms with Crippen LogP contribution in [0.2, 0.25) is 0 Å². The van der Waals surface area contributed by atoms with Gasteiger partial charge in [0, 0.05) is 48.8 Å². The Morgan fingerprint density at radius 1 is 0.926 bits per heavy atom. The number of aromatic amines is 1. The number of nitrogens with one attached hydrogen (secondary N) is 1. The second-order valence-corrected chi connectivity index (χ2v) is 7.08. The van der Waals surface area contributed by atoms with Crippen LogP contribution >= 0.6 is 0 Å². The molecule has 2 aromatic carbocycles. The Morgan fingerprint density at radius 2 is 1.59 bits per heavy atom. The summed E-state index contributed by atoms with van der Waals surface area (Å²) in [7, 11) is 0. The molecule has 1 fully saturated rings. The van der Waals surface area contributed by atoms with Crippen LogP contribution in [-0.2, 0) is 11.2 Å². The molecule has 138 valence electrons. The Balaban J connectivity index is 1.36. The van der Waals surface area contributed by atoms with E-state index in [4.69, 9.17) is 0 Å². The highest BCUT2D eigenvalue weighted by Gasteiger charge is 2.25. The Bertz CT molecular complexity index is 967. The first-order chi connectivity index (χ1) is 13.1. The molecule has 1 N–H and O–H groups in total. The first-order valence-corrected chi connectivity index (χ1v) is 9.30. The summed E-state index contributed by atoms with van der Waals surface area (Å²) >= 11 is 0. The van der Waals surface area contributed by atoms with Crippen molar-refractivity contribution >= 4 is 22.7 Å². The van der Waals surface area contributed by atoms with Crippen LogP contribution in [0.5, 0.6) is 0 Å². The van der Waals surface area contributed by atoms with Crippen LogP contribution in [-0.4, -0.2) is 52.8 Å². The fourth-order valence-electron chi connectivity index (χ4n) is 3.59. The zero-order valence-electron chi connectivity index (χ0n) is 15.4. The zero-order valence-corrected chi connectivity index (χ0v) is 15.4. The Kier molecular flexibility index (Phi) is 4.67. The molecular formula is C22H23N3O2. The van der Waals surface area contributed by atoms with Gasteiger partial charge in [0.2, 0.25) is 5.91 Å². The van der Waals surface area contributed by atoms with E-state index in [-0.39, 0.29) is 11.8 Å². The number of hydrogen-bond acceptors (Lipinski definition) is 2. The molecule has 2 amide bonds. The van der Waals surface area contributed by atoms with Crippen molar-refractivity contribution in [2.24, 2.45) is 0 Å². The number of fused-ring (bicyclic) bond motifs is 1. The standard InChI is InChI=1S/C22H23N3O2/c1-16-6-8-17(9-7-16)22(27)25-12-10-24(11-13-25)21(26)14-18-15-23-20-5-3-2-4-19(18)20/h2-9,15,23H,10-14H2,1H3. The van der Waals surface area contributed by atoms with E-state index in [2.05, 4.69) is 4.98 Å². The van der Waals surface area contributed by atoms with Crippen LogP contribution in [0.25, 0.3) is 10.9 Å². The summed E-state index contributed by atoms with van der Waals surface area (Å²) in [5.41, 5.74) is 3.92. The van der Waals surface area contributed by atoms with Gasteiger partial charge in [-0.25, -0.2) is 0 Å². The molecule has 5 nitrogen and oxygen atoms in total. The van der Waals surface area contributed by atoms with Gasteiger partial charge in [-0.15, -0.1) is 0 Å². The monoisotopic (exact) mass is 361 g/mol. The van der Waals surface area contributed by atoms with Gasteiger partial charge in [0.25, 0.3) is 5.91 Å². The SMILES string of the molecule is Cc1ccc(C(=O)N2CCN(C(=O)Cc3c[nH]c4ccccc34)CC2)cc1. The molecule has 0 aliphatic carbocycles. The van der Waals surface area contributed by atoms with Crippen molar-refractivity contribution in [1.82, 2.24) is 14.8 Å². The van der Waals surface area contributed by atoms with Crippen molar-refractivity contribution in [3.05, 3.63) is 71.4 Å². The fraction of sp³-hybridized carbons (Fsp3) is 0.273. The fourth-order valence-corrected chi connectivity index (χ4v) is 3.59. The maximum absolute atomic E-state index is 12.7. The number of rotatable bonds is 3. The number of benzene rings is 2. The van der Waals surface area contributed by atoms with E-state index in [1.807, 2.05) is 71.5 Å². The molecule has 0 radical (unpaired) electrons. The molecule has 4 rings (SSSR count). The largest absolute Gasteiger partial charge is 0.361 e.